The molecule has 4 heterocycles. The van der Waals surface area contributed by atoms with Crippen molar-refractivity contribution in [1.82, 2.24) is 18.7 Å². The van der Waals surface area contributed by atoms with Crippen LogP contribution in [0.2, 0.25) is 0 Å². The third kappa shape index (κ3) is 15.8. The Kier molecular flexibility index (Phi) is 22.6. The van der Waals surface area contributed by atoms with Crippen molar-refractivity contribution in [2.24, 2.45) is 0 Å². The predicted octanol–water partition coefficient (Wildman–Crippen LogP) is 36.2. The highest BCUT2D eigenvalue weighted by Crippen LogP contribution is 2.54. The fourth-order valence-corrected chi connectivity index (χ4v) is 20.9. The number of fused-ring (bicyclic) bond motifs is 12. The molecule has 1 N–H and O–H groups in total. The summed E-state index contributed by atoms with van der Waals surface area (Å²) in [6.07, 6.45) is 0. The van der Waals surface area contributed by atoms with E-state index in [4.69, 9.17) is 0 Å². The third-order valence-electron chi connectivity index (χ3n) is 27.6. The first kappa shape index (κ1) is 86.6. The molecule has 0 aliphatic rings. The van der Waals surface area contributed by atoms with Gasteiger partial charge >= 0.3 is 0 Å². The van der Waals surface area contributed by atoms with Crippen molar-refractivity contribution in [2.75, 3.05) is 0 Å². The summed E-state index contributed by atoms with van der Waals surface area (Å²) < 4.78 is 51.2. The summed E-state index contributed by atoms with van der Waals surface area (Å²) in [5.74, 6) is -3.59. The van der Waals surface area contributed by atoms with Crippen LogP contribution in [0.15, 0.2) is 510 Å². The average molecular weight is 1840 g/mol. The third-order valence-corrected chi connectivity index (χ3v) is 27.6. The quantitative estimate of drug-likeness (QED) is 0.104. The van der Waals surface area contributed by atoms with Gasteiger partial charge in [-0.25, -0.2) is 13.2 Å². The van der Waals surface area contributed by atoms with Gasteiger partial charge in [0.05, 0.1) is 66.9 Å². The maximum atomic E-state index is 14.7. The molecule has 0 fully saturated rings. The van der Waals surface area contributed by atoms with Crippen LogP contribution in [0.25, 0.3) is 238 Å². The minimum absolute atomic E-state index is 0.178. The minimum atomic E-state index is -1.30. The smallest absolute Gasteiger partial charge is 0.170 e. The molecule has 22 aromatic carbocycles. The van der Waals surface area contributed by atoms with Crippen LogP contribution in [0.5, 0.6) is 0 Å². The van der Waals surface area contributed by atoms with Crippen molar-refractivity contribution in [3.8, 4) is 163 Å². The number of halogens is 3. The molecule has 0 unspecified atom stereocenters. The molecule has 0 bridgehead atoms. The summed E-state index contributed by atoms with van der Waals surface area (Å²) in [6.45, 7) is 0. The summed E-state index contributed by atoms with van der Waals surface area (Å²) in [5.41, 5.74) is 32.7. The first-order chi connectivity index (χ1) is 70.6. The fraction of sp³-hybridized carbons (Fsp3) is 0. The molecule has 0 aliphatic heterocycles. The van der Waals surface area contributed by atoms with E-state index < -0.39 is 28.6 Å². The highest BCUT2D eigenvalue weighted by atomic mass is 19.2. The Morgan fingerprint density at radius 3 is 0.594 bits per heavy atom. The lowest BCUT2D eigenvalue weighted by molar-refractivity contribution is 0.500. The fourth-order valence-electron chi connectivity index (χ4n) is 20.9. The SMILES string of the molecule is N#Cc1c(-c2ccccc2)c(-n2c3ccc(-c4ccccc4)cc3c3cc(-c4ccccc4)ccc32)c(-n2c3ccc(-c4ccccc4)cc3c3cc(-c4ccccc4)ccc32)c(-c2ccccc2)c1-n1c2ccc(-c3ccccc3)cc2c2cc(-c3ccccc3)ccc21.N#Cc1c(F)c(-c2ccccc2)c(F)c(F)c1-c1ccccc1.c1ccc(-c2ccc3[nH]c4ccc(-c5ccccc5)cc4c3c2)cc1. The zero-order valence-electron chi connectivity index (χ0n) is 77.4. The molecule has 26 rings (SSSR count). The molecule has 9 heteroatoms. The Morgan fingerprint density at radius 1 is 0.161 bits per heavy atom. The second kappa shape index (κ2) is 37.4. The van der Waals surface area contributed by atoms with Crippen LogP contribution < -0.4 is 0 Å². The van der Waals surface area contributed by atoms with E-state index in [1.54, 1.807) is 42.5 Å². The average Bonchev–Trinajstić information content (AvgIpc) is 1.48. The number of nitriles is 2. The molecule has 143 heavy (non-hydrogen) atoms. The number of hydrogen-bond acceptors (Lipinski definition) is 2. The maximum absolute atomic E-state index is 14.7. The minimum Gasteiger partial charge on any atom is -0.355 e. The van der Waals surface area contributed by atoms with Gasteiger partial charge in [0.1, 0.15) is 12.1 Å². The van der Waals surface area contributed by atoms with E-state index in [1.807, 2.05) is 0 Å². The van der Waals surface area contributed by atoms with Gasteiger partial charge in [-0.1, -0.05) is 413 Å². The van der Waals surface area contributed by atoms with E-state index in [9.17, 15) is 23.7 Å². The van der Waals surface area contributed by atoms with Gasteiger partial charge in [-0.15, -0.1) is 0 Å². The molecular formula is C134H85F3N6. The van der Waals surface area contributed by atoms with Gasteiger partial charge in [0, 0.05) is 70.8 Å². The van der Waals surface area contributed by atoms with Crippen LogP contribution in [0.3, 0.4) is 0 Å². The van der Waals surface area contributed by atoms with Crippen LogP contribution in [0.1, 0.15) is 11.1 Å². The van der Waals surface area contributed by atoms with Gasteiger partial charge in [0.25, 0.3) is 0 Å². The van der Waals surface area contributed by atoms with Crippen LogP contribution in [-0.2, 0) is 0 Å². The highest BCUT2D eigenvalue weighted by molar-refractivity contribution is 6.19. The van der Waals surface area contributed by atoms with Crippen molar-refractivity contribution in [3.63, 3.8) is 0 Å². The van der Waals surface area contributed by atoms with Gasteiger partial charge < -0.3 is 18.7 Å². The van der Waals surface area contributed by atoms with Crippen LogP contribution in [0.4, 0.5) is 13.2 Å². The Bertz CT molecular complexity index is 9050. The Balaban J connectivity index is 0.000000185. The van der Waals surface area contributed by atoms with Crippen LogP contribution in [-0.4, -0.2) is 18.7 Å². The van der Waals surface area contributed by atoms with E-state index in [0.717, 1.165) is 171 Å². The summed E-state index contributed by atoms with van der Waals surface area (Å²) in [5, 5.41) is 31.4. The maximum Gasteiger partial charge on any atom is 0.170 e. The second-order valence-corrected chi connectivity index (χ2v) is 35.9. The number of hydrogen-bond donors (Lipinski definition) is 1. The molecule has 26 aromatic rings. The first-order valence-corrected chi connectivity index (χ1v) is 47.9. The first-order valence-electron chi connectivity index (χ1n) is 47.9. The van der Waals surface area contributed by atoms with E-state index in [0.29, 0.717) is 5.56 Å². The largest absolute Gasteiger partial charge is 0.355 e. The number of benzene rings is 22. The van der Waals surface area contributed by atoms with Crippen molar-refractivity contribution in [3.05, 3.63) is 538 Å². The summed E-state index contributed by atoms with van der Waals surface area (Å²) >= 11 is 0. The van der Waals surface area contributed by atoms with Crippen LogP contribution in [0, 0.1) is 40.1 Å². The molecule has 4 aromatic heterocycles. The molecule has 0 spiro atoms. The monoisotopic (exact) mass is 1830 g/mol. The number of aromatic amines is 1. The number of rotatable bonds is 15. The molecule has 0 radical (unpaired) electrons. The van der Waals surface area contributed by atoms with Crippen molar-refractivity contribution in [1.29, 1.82) is 10.5 Å². The lowest BCUT2D eigenvalue weighted by atomic mass is 9.88. The lowest BCUT2D eigenvalue weighted by Gasteiger charge is -2.29. The molecule has 6 nitrogen and oxygen atoms in total. The van der Waals surface area contributed by atoms with Crippen molar-refractivity contribution >= 4 is 87.2 Å². The van der Waals surface area contributed by atoms with E-state index in [-0.39, 0.29) is 16.7 Å². The standard InChI is InChI=1S/C91H58N4.C24H17N.C19H10F3N/c92-59-80-87(66-37-21-7-22-38-66)90(94-83-49-43-70(62-29-13-3-14-30-62)55-76(83)77-56-71(44-50-84(77)94)63-31-15-4-16-32-63)91(95-85-51-45-72(64-33-17-5-18-34-64)57-78(85)79-58-73(46-52-86(79)95)65-35-19-6-20-36-65)88(67-39-23-8-24-40-67)89(80)93-81-47-41-68(60-25-9-1-10-26-60)53-74(81)75-54-69(42-48-82(75)93)61-27-11-2-12-28-61;1-3-7-17(8-4-1)19-11-13-23-21(15-19)22-16-20(12-14-24(22)25-23)18-9-5-2-6-10-18;20-17-14(11-23)15(12-7-3-1-4-8-12)18(21)19(22)16(17)13-9-5-2-6-10-13/h1-58H;1-16,25H;1-10H. The summed E-state index contributed by atoms with van der Waals surface area (Å²) in [6, 6.07) is 182. The molecule has 0 amide bonds. The summed E-state index contributed by atoms with van der Waals surface area (Å²) in [7, 11) is 0. The Labute approximate surface area is 824 Å². The molecule has 0 aliphatic carbocycles. The number of nitrogens with zero attached hydrogens (tertiary/aromatic N) is 5. The summed E-state index contributed by atoms with van der Waals surface area (Å²) in [4.78, 5) is 3.54. The van der Waals surface area contributed by atoms with Gasteiger partial charge in [-0.2, -0.15) is 10.5 Å². The van der Waals surface area contributed by atoms with E-state index >= 15 is 0 Å². The lowest BCUT2D eigenvalue weighted by Crippen LogP contribution is -2.13. The second-order valence-electron chi connectivity index (χ2n) is 35.9. The predicted molar refractivity (Wildman–Crippen MR) is 586 cm³/mol. The van der Waals surface area contributed by atoms with Gasteiger partial charge in [-0.05, 0) is 208 Å². The number of nitrogens with one attached hydrogen (secondary N) is 1. The van der Waals surface area contributed by atoms with Gasteiger partial charge in [0.15, 0.2) is 17.5 Å². The van der Waals surface area contributed by atoms with Gasteiger partial charge in [-0.3, -0.25) is 0 Å². The Hall–Kier alpha value is -19.2. The topological polar surface area (TPSA) is 78.2 Å². The molecular weight excluding hydrogens is 1750 g/mol. The normalized spacial score (nSPS) is 11.3. The van der Waals surface area contributed by atoms with Crippen molar-refractivity contribution in [2.45, 2.75) is 0 Å². The number of H-pyrrole nitrogens is 1. The zero-order chi connectivity index (χ0) is 96.0. The zero-order valence-corrected chi connectivity index (χ0v) is 77.4. The Morgan fingerprint density at radius 2 is 0.350 bits per heavy atom. The van der Waals surface area contributed by atoms with E-state index in [2.05, 4.69) is 474 Å². The molecule has 0 atom stereocenters. The number of aromatic nitrogens is 4. The highest BCUT2D eigenvalue weighted by Gasteiger charge is 2.36. The van der Waals surface area contributed by atoms with E-state index in [1.165, 1.54) is 68.3 Å². The molecule has 672 valence electrons. The van der Waals surface area contributed by atoms with Gasteiger partial charge in [0.2, 0.25) is 0 Å². The van der Waals surface area contributed by atoms with Crippen LogP contribution >= 0.6 is 0 Å². The van der Waals surface area contributed by atoms with Crippen molar-refractivity contribution < 1.29 is 13.2 Å². The molecule has 0 saturated heterocycles. The molecule has 0 saturated carbocycles.